The van der Waals surface area contributed by atoms with Gasteiger partial charge < -0.3 is 14.7 Å². The van der Waals surface area contributed by atoms with E-state index >= 15 is 0 Å². The number of carboxylic acids is 1. The monoisotopic (exact) mass is 519 g/mol. The summed E-state index contributed by atoms with van der Waals surface area (Å²) in [7, 11) is 0. The van der Waals surface area contributed by atoms with Crippen molar-refractivity contribution in [3.8, 4) is 0 Å². The fourth-order valence-electron chi connectivity index (χ4n) is 4.92. The van der Waals surface area contributed by atoms with Crippen LogP contribution in [0.3, 0.4) is 0 Å². The molecule has 2 aromatic rings. The van der Waals surface area contributed by atoms with Crippen molar-refractivity contribution in [1.29, 1.82) is 0 Å². The number of esters is 1. The van der Waals surface area contributed by atoms with Crippen LogP contribution in [0.2, 0.25) is 10.0 Å². The second-order valence-electron chi connectivity index (χ2n) is 9.33. The lowest BCUT2D eigenvalue weighted by Gasteiger charge is -2.47. The van der Waals surface area contributed by atoms with E-state index in [-0.39, 0.29) is 30.8 Å². The van der Waals surface area contributed by atoms with Gasteiger partial charge in [0, 0.05) is 21.9 Å². The highest BCUT2D eigenvalue weighted by atomic mass is 35.5. The van der Waals surface area contributed by atoms with Crippen LogP contribution in [0.4, 0.5) is 0 Å². The number of hydrogen-bond acceptors (Lipinski definition) is 4. The minimum absolute atomic E-state index is 0.0903. The van der Waals surface area contributed by atoms with E-state index in [1.807, 2.05) is 44.2 Å². The van der Waals surface area contributed by atoms with E-state index in [2.05, 4.69) is 0 Å². The van der Waals surface area contributed by atoms with Gasteiger partial charge in [-0.1, -0.05) is 61.3 Å². The number of benzene rings is 2. The number of amides is 1. The van der Waals surface area contributed by atoms with Crippen molar-refractivity contribution < 1.29 is 24.2 Å². The molecule has 0 aliphatic carbocycles. The molecule has 1 aliphatic rings. The Hall–Kier alpha value is -2.57. The van der Waals surface area contributed by atoms with Crippen molar-refractivity contribution >= 4 is 41.0 Å². The molecule has 4 atom stereocenters. The molecule has 1 fully saturated rings. The van der Waals surface area contributed by atoms with Gasteiger partial charge in [-0.05, 0) is 61.1 Å². The van der Waals surface area contributed by atoms with Crippen LogP contribution in [-0.2, 0) is 19.1 Å². The lowest BCUT2D eigenvalue weighted by molar-refractivity contribution is -0.164. The van der Waals surface area contributed by atoms with Crippen molar-refractivity contribution in [2.75, 3.05) is 6.61 Å². The molecule has 8 heteroatoms. The van der Waals surface area contributed by atoms with Crippen LogP contribution >= 0.6 is 23.2 Å². The second-order valence-corrected chi connectivity index (χ2v) is 10.2. The molecule has 0 radical (unpaired) electrons. The first-order valence-electron chi connectivity index (χ1n) is 11.8. The van der Waals surface area contributed by atoms with Crippen molar-refractivity contribution in [3.05, 3.63) is 69.7 Å². The Morgan fingerprint density at radius 1 is 1.09 bits per heavy atom. The zero-order chi connectivity index (χ0) is 25.7. The predicted octanol–water partition coefficient (Wildman–Crippen LogP) is 6.12. The highest BCUT2D eigenvalue weighted by Crippen LogP contribution is 2.48. The summed E-state index contributed by atoms with van der Waals surface area (Å²) in [4.78, 5) is 40.4. The summed E-state index contributed by atoms with van der Waals surface area (Å²) in [5, 5.41) is 10.7. The molecule has 1 saturated heterocycles. The zero-order valence-corrected chi connectivity index (χ0v) is 21.6. The fraction of sp³-hybridized carbons (Fsp3) is 0.444. The first-order chi connectivity index (χ1) is 16.6. The average Bonchev–Trinajstić information content (AvgIpc) is 2.79. The number of hydrogen-bond donors (Lipinski definition) is 1. The van der Waals surface area contributed by atoms with E-state index in [9.17, 15) is 19.5 Å². The van der Waals surface area contributed by atoms with Crippen molar-refractivity contribution in [2.24, 2.45) is 11.8 Å². The van der Waals surface area contributed by atoms with Crippen LogP contribution in [-0.4, -0.2) is 40.5 Å². The van der Waals surface area contributed by atoms with Gasteiger partial charge in [0.25, 0.3) is 0 Å². The van der Waals surface area contributed by atoms with E-state index in [1.54, 1.807) is 30.0 Å². The van der Waals surface area contributed by atoms with Crippen molar-refractivity contribution in [1.82, 2.24) is 4.90 Å². The van der Waals surface area contributed by atoms with Gasteiger partial charge in [-0.15, -0.1) is 0 Å². The molecule has 188 valence electrons. The highest BCUT2D eigenvalue weighted by molar-refractivity contribution is 6.30. The van der Waals surface area contributed by atoms with Gasteiger partial charge in [-0.25, -0.2) is 4.79 Å². The number of carbonyl (C=O) groups is 3. The van der Waals surface area contributed by atoms with Crippen LogP contribution in [0.1, 0.15) is 63.1 Å². The molecule has 35 heavy (non-hydrogen) atoms. The molecule has 1 unspecified atom stereocenters. The molecule has 1 aliphatic heterocycles. The summed E-state index contributed by atoms with van der Waals surface area (Å²) < 4.78 is 5.39. The molecule has 0 bridgehead atoms. The fourth-order valence-corrected chi connectivity index (χ4v) is 5.25. The van der Waals surface area contributed by atoms with Gasteiger partial charge in [0.2, 0.25) is 5.91 Å². The third kappa shape index (κ3) is 6.56. The number of rotatable bonds is 9. The Balaban J connectivity index is 2.23. The Kier molecular flexibility index (Phi) is 9.20. The van der Waals surface area contributed by atoms with Gasteiger partial charge in [0.1, 0.15) is 6.04 Å². The Morgan fingerprint density at radius 3 is 2.34 bits per heavy atom. The van der Waals surface area contributed by atoms with Crippen LogP contribution in [0.25, 0.3) is 0 Å². The normalized spacial score (nSPS) is 21.1. The van der Waals surface area contributed by atoms with Gasteiger partial charge in [-0.2, -0.15) is 0 Å². The molecular formula is C27H31Cl2NO5. The Labute approximate surface area is 216 Å². The molecule has 1 heterocycles. The molecule has 1 amide bonds. The van der Waals surface area contributed by atoms with E-state index in [0.29, 0.717) is 22.9 Å². The summed E-state index contributed by atoms with van der Waals surface area (Å²) >= 11 is 12.5. The quantitative estimate of drug-likeness (QED) is 0.403. The maximum absolute atomic E-state index is 13.9. The van der Waals surface area contributed by atoms with Gasteiger partial charge in [-0.3, -0.25) is 9.59 Å². The zero-order valence-electron chi connectivity index (χ0n) is 20.1. The molecule has 3 rings (SSSR count). The number of likely N-dealkylation sites (tertiary alicyclic amines) is 1. The van der Waals surface area contributed by atoms with E-state index in [0.717, 1.165) is 11.1 Å². The second kappa shape index (κ2) is 11.9. The number of carbonyl (C=O) groups excluding carboxylic acids is 2. The SMILES string of the molecule is CCOC(=O)C(CC(C)C)N1C(=O)[C@@H](CC(=O)O)C[C@H](c2cccc(Cl)c2)[C@H]1c1ccc(Cl)cc1. The van der Waals surface area contributed by atoms with Gasteiger partial charge >= 0.3 is 11.9 Å². The molecule has 0 spiro atoms. The molecule has 2 aromatic carbocycles. The summed E-state index contributed by atoms with van der Waals surface area (Å²) in [5.41, 5.74) is 1.68. The highest BCUT2D eigenvalue weighted by Gasteiger charge is 2.48. The van der Waals surface area contributed by atoms with Gasteiger partial charge in [0.05, 0.1) is 19.1 Å². The Morgan fingerprint density at radius 2 is 1.77 bits per heavy atom. The smallest absolute Gasteiger partial charge is 0.328 e. The van der Waals surface area contributed by atoms with Crippen LogP contribution < -0.4 is 0 Å². The van der Waals surface area contributed by atoms with E-state index in [4.69, 9.17) is 27.9 Å². The maximum Gasteiger partial charge on any atom is 0.328 e. The van der Waals surface area contributed by atoms with Gasteiger partial charge in [0.15, 0.2) is 0 Å². The molecular weight excluding hydrogens is 489 g/mol. The Bertz CT molecular complexity index is 1060. The number of aliphatic carboxylic acids is 1. The number of nitrogens with zero attached hydrogens (tertiary/aromatic N) is 1. The number of piperidine rings is 1. The summed E-state index contributed by atoms with van der Waals surface area (Å²) in [6.07, 6.45) is 0.375. The third-order valence-corrected chi connectivity index (χ3v) is 6.81. The molecule has 0 saturated carbocycles. The minimum atomic E-state index is -1.06. The summed E-state index contributed by atoms with van der Waals surface area (Å²) in [5.74, 6) is -2.90. The minimum Gasteiger partial charge on any atom is -0.481 e. The maximum atomic E-state index is 13.9. The summed E-state index contributed by atoms with van der Waals surface area (Å²) in [6, 6.07) is 13.2. The lowest BCUT2D eigenvalue weighted by atomic mass is 9.74. The van der Waals surface area contributed by atoms with E-state index < -0.39 is 29.9 Å². The predicted molar refractivity (Wildman–Crippen MR) is 135 cm³/mol. The van der Waals surface area contributed by atoms with Crippen molar-refractivity contribution in [2.45, 2.75) is 58.0 Å². The first-order valence-corrected chi connectivity index (χ1v) is 12.6. The number of ether oxygens (including phenoxy) is 1. The number of carboxylic acid groups (broad SMARTS) is 1. The standard InChI is InChI=1S/C27H31Cl2NO5/c1-4-35-27(34)23(12-16(2)3)30-25(17-8-10-20(28)11-9-17)22(18-6-5-7-21(29)13-18)14-19(26(30)33)15-24(31)32/h5-11,13,16,19,22-23,25H,4,12,14-15H2,1-3H3,(H,31,32)/t19-,22-,23?,25-/m1/s1. The molecule has 1 N–H and O–H groups in total. The number of halogens is 2. The van der Waals surface area contributed by atoms with Crippen LogP contribution in [0.5, 0.6) is 0 Å². The lowest BCUT2D eigenvalue weighted by Crippen LogP contribution is -2.55. The van der Waals surface area contributed by atoms with Crippen LogP contribution in [0.15, 0.2) is 48.5 Å². The van der Waals surface area contributed by atoms with Crippen LogP contribution in [0, 0.1) is 11.8 Å². The third-order valence-electron chi connectivity index (χ3n) is 6.32. The average molecular weight is 520 g/mol. The molecule has 6 nitrogen and oxygen atoms in total. The molecule has 0 aromatic heterocycles. The van der Waals surface area contributed by atoms with E-state index in [1.165, 1.54) is 0 Å². The summed E-state index contributed by atoms with van der Waals surface area (Å²) in [6.45, 7) is 5.85. The topological polar surface area (TPSA) is 83.9 Å². The largest absolute Gasteiger partial charge is 0.481 e. The first kappa shape index (κ1) is 27.0. The van der Waals surface area contributed by atoms with Crippen molar-refractivity contribution in [3.63, 3.8) is 0 Å².